The molecule has 3 rings (SSSR count). The fraction of sp³-hybridized carbons (Fsp3) is 0.533. The van der Waals surface area contributed by atoms with E-state index in [1.165, 1.54) is 24.8 Å². The van der Waals surface area contributed by atoms with Crippen molar-refractivity contribution in [3.8, 4) is 0 Å². The average molecular weight is 359 g/mol. The van der Waals surface area contributed by atoms with E-state index < -0.39 is 24.1 Å². The van der Waals surface area contributed by atoms with Crippen LogP contribution < -0.4 is 5.32 Å². The topological polar surface area (TPSA) is 140 Å². The number of fused-ring (bicyclic) bond motifs is 2. The van der Waals surface area contributed by atoms with Crippen LogP contribution >= 0.6 is 11.6 Å². The van der Waals surface area contributed by atoms with Crippen molar-refractivity contribution in [2.24, 2.45) is 0 Å². The number of rotatable bonds is 4. The Balaban J connectivity index is 0.000000187. The lowest BCUT2D eigenvalue weighted by molar-refractivity contribution is -0.165. The highest BCUT2D eigenvalue weighted by Crippen LogP contribution is 2.39. The van der Waals surface area contributed by atoms with Gasteiger partial charge in [0.25, 0.3) is 0 Å². The molecule has 2 saturated heterocycles. The van der Waals surface area contributed by atoms with Gasteiger partial charge in [-0.1, -0.05) is 17.7 Å². The molecular formula is C15H19ClN2O6. The van der Waals surface area contributed by atoms with Gasteiger partial charge < -0.3 is 25.7 Å². The zero-order chi connectivity index (χ0) is 17.9. The molecule has 1 aromatic rings. The second kappa shape index (κ2) is 7.89. The third-order valence-corrected chi connectivity index (χ3v) is 4.51. The molecule has 24 heavy (non-hydrogen) atoms. The first-order valence-electron chi connectivity index (χ1n) is 7.49. The SMILES string of the molecule is Clc1ccc([C@@H]2C[C@H]3CC[C@@H]2N3)cn1.O=C(O)[C@H](O)[C@@H](O)C(=O)O. The molecule has 0 aliphatic carbocycles. The van der Waals surface area contributed by atoms with E-state index in [0.717, 1.165) is 6.04 Å². The molecule has 0 amide bonds. The molecule has 5 atom stereocenters. The number of nitrogens with zero attached hydrogens (tertiary/aromatic N) is 1. The number of carbonyl (C=O) groups is 2. The van der Waals surface area contributed by atoms with E-state index in [0.29, 0.717) is 17.1 Å². The van der Waals surface area contributed by atoms with Crippen LogP contribution in [0, 0.1) is 0 Å². The van der Waals surface area contributed by atoms with Crippen molar-refractivity contribution in [3.05, 3.63) is 29.0 Å². The van der Waals surface area contributed by atoms with E-state index >= 15 is 0 Å². The molecule has 132 valence electrons. The fourth-order valence-electron chi connectivity index (χ4n) is 3.07. The van der Waals surface area contributed by atoms with Crippen LogP contribution in [-0.2, 0) is 9.59 Å². The molecule has 0 unspecified atom stereocenters. The summed E-state index contributed by atoms with van der Waals surface area (Å²) in [7, 11) is 0. The minimum atomic E-state index is -2.27. The van der Waals surface area contributed by atoms with Crippen LogP contribution in [0.1, 0.15) is 30.7 Å². The molecule has 0 radical (unpaired) electrons. The van der Waals surface area contributed by atoms with Crippen LogP contribution in [0.15, 0.2) is 18.3 Å². The molecular weight excluding hydrogens is 340 g/mol. The van der Waals surface area contributed by atoms with Crippen molar-refractivity contribution in [1.29, 1.82) is 0 Å². The Hall–Kier alpha value is -1.74. The Morgan fingerprint density at radius 1 is 1.17 bits per heavy atom. The molecule has 5 N–H and O–H groups in total. The third-order valence-electron chi connectivity index (χ3n) is 4.28. The summed E-state index contributed by atoms with van der Waals surface area (Å²) in [6.07, 6.45) is 1.33. The van der Waals surface area contributed by atoms with E-state index in [4.69, 9.17) is 32.0 Å². The van der Waals surface area contributed by atoms with Gasteiger partial charge in [-0.3, -0.25) is 0 Å². The molecule has 2 aliphatic heterocycles. The van der Waals surface area contributed by atoms with Crippen LogP contribution in [0.3, 0.4) is 0 Å². The van der Waals surface area contributed by atoms with Gasteiger partial charge in [0.2, 0.25) is 0 Å². The summed E-state index contributed by atoms with van der Waals surface area (Å²) in [5.41, 5.74) is 1.34. The molecule has 0 spiro atoms. The van der Waals surface area contributed by atoms with Gasteiger partial charge in [0.05, 0.1) is 0 Å². The summed E-state index contributed by atoms with van der Waals surface area (Å²) in [6.45, 7) is 0. The summed E-state index contributed by atoms with van der Waals surface area (Å²) in [5.74, 6) is -2.87. The van der Waals surface area contributed by atoms with Crippen LogP contribution in [0.5, 0.6) is 0 Å². The highest BCUT2D eigenvalue weighted by molar-refractivity contribution is 6.29. The largest absolute Gasteiger partial charge is 0.479 e. The van der Waals surface area contributed by atoms with Gasteiger partial charge in [0.1, 0.15) is 5.15 Å². The number of pyridine rings is 1. The number of carboxylic acid groups (broad SMARTS) is 2. The molecule has 1 aromatic heterocycles. The Morgan fingerprint density at radius 2 is 1.79 bits per heavy atom. The summed E-state index contributed by atoms with van der Waals surface area (Å²) < 4.78 is 0. The number of aliphatic hydroxyl groups excluding tert-OH is 2. The third kappa shape index (κ3) is 4.41. The second-order valence-corrected chi connectivity index (χ2v) is 6.26. The quantitative estimate of drug-likeness (QED) is 0.481. The highest BCUT2D eigenvalue weighted by Gasteiger charge is 2.39. The smallest absolute Gasteiger partial charge is 0.335 e. The fourth-order valence-corrected chi connectivity index (χ4v) is 3.18. The van der Waals surface area contributed by atoms with E-state index in [1.54, 1.807) is 0 Å². The number of halogens is 1. The Morgan fingerprint density at radius 3 is 2.17 bits per heavy atom. The average Bonchev–Trinajstić information content (AvgIpc) is 3.17. The lowest BCUT2D eigenvalue weighted by atomic mass is 9.85. The van der Waals surface area contributed by atoms with Crippen molar-refractivity contribution < 1.29 is 30.0 Å². The zero-order valence-electron chi connectivity index (χ0n) is 12.7. The lowest BCUT2D eigenvalue weighted by Gasteiger charge is -2.19. The van der Waals surface area contributed by atoms with Crippen LogP contribution in [-0.4, -0.2) is 61.6 Å². The Labute approximate surface area is 143 Å². The number of hydrogen-bond acceptors (Lipinski definition) is 6. The monoisotopic (exact) mass is 358 g/mol. The van der Waals surface area contributed by atoms with Crippen LogP contribution in [0.4, 0.5) is 0 Å². The first-order chi connectivity index (χ1) is 11.3. The minimum Gasteiger partial charge on any atom is -0.479 e. The molecule has 9 heteroatoms. The van der Waals surface area contributed by atoms with Crippen LogP contribution in [0.2, 0.25) is 5.15 Å². The minimum absolute atomic E-state index is 0.588. The summed E-state index contributed by atoms with van der Waals surface area (Å²) >= 11 is 5.77. The van der Waals surface area contributed by atoms with E-state index in [9.17, 15) is 9.59 Å². The second-order valence-electron chi connectivity index (χ2n) is 5.87. The normalized spacial score (nSPS) is 27.0. The van der Waals surface area contributed by atoms with Crippen molar-refractivity contribution in [1.82, 2.24) is 10.3 Å². The maximum absolute atomic E-state index is 9.77. The van der Waals surface area contributed by atoms with Crippen molar-refractivity contribution in [2.75, 3.05) is 0 Å². The zero-order valence-corrected chi connectivity index (χ0v) is 13.4. The van der Waals surface area contributed by atoms with Gasteiger partial charge in [-0.25, -0.2) is 14.6 Å². The standard InChI is InChI=1S/C11H13ClN2.C4H6O6/c12-11-4-1-7(6-13-11)9-5-8-2-3-10(9)14-8;5-1(3(7)8)2(6)4(9)10/h1,4,6,8-10,14H,2-3,5H2;1-2,5-6H,(H,7,8)(H,9,10)/t8-,9+,10+;1-,2-/m11/s1. The first-order valence-corrected chi connectivity index (χ1v) is 7.86. The number of aliphatic carboxylic acids is 2. The maximum atomic E-state index is 9.77. The van der Waals surface area contributed by atoms with Gasteiger partial charge in [-0.05, 0) is 30.9 Å². The van der Waals surface area contributed by atoms with Gasteiger partial charge in [0.15, 0.2) is 12.2 Å². The summed E-state index contributed by atoms with van der Waals surface area (Å²) in [5, 5.41) is 36.7. The predicted octanol–water partition coefficient (Wildman–Crippen LogP) is 0.220. The lowest BCUT2D eigenvalue weighted by Crippen LogP contribution is -2.39. The van der Waals surface area contributed by atoms with E-state index in [1.807, 2.05) is 12.3 Å². The van der Waals surface area contributed by atoms with Gasteiger partial charge >= 0.3 is 11.9 Å². The molecule has 8 nitrogen and oxygen atoms in total. The molecule has 2 fully saturated rings. The van der Waals surface area contributed by atoms with Crippen molar-refractivity contribution >= 4 is 23.5 Å². The molecule has 2 bridgehead atoms. The van der Waals surface area contributed by atoms with E-state index in [-0.39, 0.29) is 0 Å². The molecule has 0 aromatic carbocycles. The van der Waals surface area contributed by atoms with Crippen LogP contribution in [0.25, 0.3) is 0 Å². The predicted molar refractivity (Wildman–Crippen MR) is 83.8 cm³/mol. The van der Waals surface area contributed by atoms with Gasteiger partial charge in [-0.2, -0.15) is 0 Å². The van der Waals surface area contributed by atoms with Gasteiger partial charge in [-0.15, -0.1) is 0 Å². The number of aliphatic hydroxyl groups is 2. The van der Waals surface area contributed by atoms with Crippen molar-refractivity contribution in [3.63, 3.8) is 0 Å². The molecule has 0 saturated carbocycles. The molecule has 3 heterocycles. The Bertz CT molecular complexity index is 578. The highest BCUT2D eigenvalue weighted by atomic mass is 35.5. The number of carboxylic acids is 2. The maximum Gasteiger partial charge on any atom is 0.335 e. The summed E-state index contributed by atoms with van der Waals surface area (Å²) in [6, 6.07) is 5.44. The Kier molecular flexibility index (Phi) is 6.11. The first kappa shape index (κ1) is 18.6. The van der Waals surface area contributed by atoms with Crippen molar-refractivity contribution in [2.45, 2.75) is 49.5 Å². The van der Waals surface area contributed by atoms with Gasteiger partial charge in [0, 0.05) is 24.2 Å². The summed E-state index contributed by atoms with van der Waals surface area (Å²) in [4.78, 5) is 23.7. The van der Waals surface area contributed by atoms with E-state index in [2.05, 4.69) is 16.4 Å². The molecule has 2 aliphatic rings. The number of hydrogen-bond donors (Lipinski definition) is 5. The number of aromatic nitrogens is 1. The number of nitrogens with one attached hydrogen (secondary N) is 1.